The van der Waals surface area contributed by atoms with Gasteiger partial charge in [-0.25, -0.2) is 4.98 Å². The standard InChI is InChI=1S/C13H12BrN3OS/c14-9-5-6-13(16-7-9)19-8-12(18)17-11-4-2-1-3-10(11)15/h1-7H,8,15H2,(H,17,18). The van der Waals surface area contributed by atoms with Gasteiger partial charge in [-0.3, -0.25) is 4.79 Å². The summed E-state index contributed by atoms with van der Waals surface area (Å²) in [7, 11) is 0. The molecule has 3 N–H and O–H groups in total. The van der Waals surface area contributed by atoms with Gasteiger partial charge in [0.2, 0.25) is 5.91 Å². The fourth-order valence-corrected chi connectivity index (χ4v) is 2.26. The number of amides is 1. The summed E-state index contributed by atoms with van der Waals surface area (Å²) >= 11 is 4.69. The molecule has 1 aromatic heterocycles. The third-order valence-corrected chi connectivity index (χ3v) is 3.70. The van der Waals surface area contributed by atoms with E-state index < -0.39 is 0 Å². The number of rotatable bonds is 4. The van der Waals surface area contributed by atoms with E-state index in [2.05, 4.69) is 26.2 Å². The topological polar surface area (TPSA) is 68.0 Å². The van der Waals surface area contributed by atoms with Crippen LogP contribution in [0, 0.1) is 0 Å². The van der Waals surface area contributed by atoms with Crippen LogP contribution in [-0.2, 0) is 4.79 Å². The van der Waals surface area contributed by atoms with Crippen molar-refractivity contribution < 1.29 is 4.79 Å². The van der Waals surface area contributed by atoms with Gasteiger partial charge in [0.15, 0.2) is 0 Å². The average molecular weight is 338 g/mol. The molecular weight excluding hydrogens is 326 g/mol. The molecule has 0 unspecified atom stereocenters. The van der Waals surface area contributed by atoms with E-state index in [4.69, 9.17) is 5.73 Å². The highest BCUT2D eigenvalue weighted by Crippen LogP contribution is 2.20. The molecule has 0 aliphatic carbocycles. The molecule has 4 nitrogen and oxygen atoms in total. The Morgan fingerprint density at radius 3 is 2.79 bits per heavy atom. The van der Waals surface area contributed by atoms with E-state index in [1.807, 2.05) is 24.3 Å². The second-order valence-corrected chi connectivity index (χ2v) is 5.65. The fraction of sp³-hybridized carbons (Fsp3) is 0.0769. The number of nitrogens with one attached hydrogen (secondary N) is 1. The first-order valence-corrected chi connectivity index (χ1v) is 7.32. The molecule has 0 radical (unpaired) electrons. The van der Waals surface area contributed by atoms with Crippen LogP contribution in [-0.4, -0.2) is 16.6 Å². The lowest BCUT2D eigenvalue weighted by atomic mass is 10.3. The number of hydrogen-bond donors (Lipinski definition) is 2. The summed E-state index contributed by atoms with van der Waals surface area (Å²) in [6, 6.07) is 10.9. The lowest BCUT2D eigenvalue weighted by Gasteiger charge is -2.07. The molecule has 0 saturated heterocycles. The number of thioether (sulfide) groups is 1. The Morgan fingerprint density at radius 1 is 1.32 bits per heavy atom. The maximum atomic E-state index is 11.8. The molecule has 0 aliphatic heterocycles. The Kier molecular flexibility index (Phi) is 4.81. The fourth-order valence-electron chi connectivity index (χ4n) is 1.38. The van der Waals surface area contributed by atoms with E-state index in [1.165, 1.54) is 11.8 Å². The molecular formula is C13H12BrN3OS. The van der Waals surface area contributed by atoms with Gasteiger partial charge >= 0.3 is 0 Å². The zero-order valence-corrected chi connectivity index (χ0v) is 12.4. The molecule has 1 amide bonds. The van der Waals surface area contributed by atoms with Crippen LogP contribution in [0.25, 0.3) is 0 Å². The molecule has 0 fully saturated rings. The number of carbonyl (C=O) groups excluding carboxylic acids is 1. The van der Waals surface area contributed by atoms with Crippen molar-refractivity contribution in [2.75, 3.05) is 16.8 Å². The van der Waals surface area contributed by atoms with Gasteiger partial charge in [-0.05, 0) is 40.2 Å². The minimum atomic E-state index is -0.104. The second kappa shape index (κ2) is 6.58. The summed E-state index contributed by atoms with van der Waals surface area (Å²) < 4.78 is 0.915. The largest absolute Gasteiger partial charge is 0.397 e. The minimum Gasteiger partial charge on any atom is -0.397 e. The van der Waals surface area contributed by atoms with Crippen molar-refractivity contribution in [2.45, 2.75) is 5.03 Å². The number of pyridine rings is 1. The summed E-state index contributed by atoms with van der Waals surface area (Å²) in [5.41, 5.74) is 6.95. The average Bonchev–Trinajstić information content (AvgIpc) is 2.41. The van der Waals surface area contributed by atoms with Crippen LogP contribution in [0.4, 0.5) is 11.4 Å². The molecule has 0 spiro atoms. The summed E-state index contributed by atoms with van der Waals surface area (Å²) in [4.78, 5) is 16.0. The number of aromatic nitrogens is 1. The van der Waals surface area contributed by atoms with E-state index in [9.17, 15) is 4.79 Å². The van der Waals surface area contributed by atoms with Crippen LogP contribution >= 0.6 is 27.7 Å². The van der Waals surface area contributed by atoms with Gasteiger partial charge in [0.25, 0.3) is 0 Å². The Balaban J connectivity index is 1.88. The smallest absolute Gasteiger partial charge is 0.234 e. The molecule has 98 valence electrons. The van der Waals surface area contributed by atoms with E-state index >= 15 is 0 Å². The maximum Gasteiger partial charge on any atom is 0.234 e. The quantitative estimate of drug-likeness (QED) is 0.664. The highest BCUT2D eigenvalue weighted by Gasteiger charge is 2.06. The van der Waals surface area contributed by atoms with Crippen LogP contribution in [0.2, 0.25) is 0 Å². The summed E-state index contributed by atoms with van der Waals surface area (Å²) in [5.74, 6) is 0.191. The van der Waals surface area contributed by atoms with Crippen molar-refractivity contribution in [3.8, 4) is 0 Å². The van der Waals surface area contributed by atoms with Crippen LogP contribution in [0.1, 0.15) is 0 Å². The molecule has 0 aliphatic rings. The highest BCUT2D eigenvalue weighted by atomic mass is 79.9. The second-order valence-electron chi connectivity index (χ2n) is 3.74. The monoisotopic (exact) mass is 337 g/mol. The van der Waals surface area contributed by atoms with Gasteiger partial charge in [-0.1, -0.05) is 23.9 Å². The molecule has 1 aromatic carbocycles. The lowest BCUT2D eigenvalue weighted by Crippen LogP contribution is -2.15. The Bertz CT molecular complexity index is 574. The van der Waals surface area contributed by atoms with E-state index in [0.29, 0.717) is 17.1 Å². The first kappa shape index (κ1) is 13.9. The van der Waals surface area contributed by atoms with Gasteiger partial charge in [0, 0.05) is 10.7 Å². The number of nitrogens with two attached hydrogens (primary N) is 1. The minimum absolute atomic E-state index is 0.104. The molecule has 0 saturated carbocycles. The third-order valence-electron chi connectivity index (χ3n) is 2.29. The number of halogens is 1. The number of nitrogen functional groups attached to an aromatic ring is 1. The number of anilines is 2. The zero-order chi connectivity index (χ0) is 13.7. The molecule has 2 rings (SSSR count). The third kappa shape index (κ3) is 4.25. The highest BCUT2D eigenvalue weighted by molar-refractivity contribution is 9.10. The van der Waals surface area contributed by atoms with Crippen molar-refractivity contribution in [1.82, 2.24) is 4.98 Å². The predicted molar refractivity (Wildman–Crippen MR) is 82.1 cm³/mol. The number of nitrogens with zero attached hydrogens (tertiary/aromatic N) is 1. The van der Waals surface area contributed by atoms with Crippen molar-refractivity contribution in [3.63, 3.8) is 0 Å². The molecule has 2 aromatic rings. The molecule has 6 heteroatoms. The van der Waals surface area contributed by atoms with Crippen molar-refractivity contribution in [3.05, 3.63) is 47.1 Å². The van der Waals surface area contributed by atoms with E-state index in [-0.39, 0.29) is 5.91 Å². The molecule has 0 atom stereocenters. The van der Waals surface area contributed by atoms with Gasteiger partial charge in [0.05, 0.1) is 22.2 Å². The maximum absolute atomic E-state index is 11.8. The molecule has 0 bridgehead atoms. The van der Waals surface area contributed by atoms with Gasteiger partial charge < -0.3 is 11.1 Å². The van der Waals surface area contributed by atoms with Gasteiger partial charge in [-0.15, -0.1) is 0 Å². The normalized spacial score (nSPS) is 10.2. The summed E-state index contributed by atoms with van der Waals surface area (Å²) in [5, 5.41) is 3.58. The summed E-state index contributed by atoms with van der Waals surface area (Å²) in [6.07, 6.45) is 1.70. The first-order chi connectivity index (χ1) is 9.15. The number of para-hydroxylation sites is 2. The SMILES string of the molecule is Nc1ccccc1NC(=O)CSc1ccc(Br)cn1. The number of hydrogen-bond acceptors (Lipinski definition) is 4. The predicted octanol–water partition coefficient (Wildman–Crippen LogP) is 3.16. The number of carbonyl (C=O) groups is 1. The Labute approximate surface area is 123 Å². The first-order valence-electron chi connectivity index (χ1n) is 5.54. The van der Waals surface area contributed by atoms with Crippen LogP contribution in [0.3, 0.4) is 0 Å². The van der Waals surface area contributed by atoms with Crippen molar-refractivity contribution in [2.24, 2.45) is 0 Å². The Morgan fingerprint density at radius 2 is 2.11 bits per heavy atom. The van der Waals surface area contributed by atoms with Crippen LogP contribution in [0.15, 0.2) is 52.1 Å². The molecule has 19 heavy (non-hydrogen) atoms. The summed E-state index contributed by atoms with van der Waals surface area (Å²) in [6.45, 7) is 0. The Hall–Kier alpha value is -1.53. The lowest BCUT2D eigenvalue weighted by molar-refractivity contribution is -0.113. The van der Waals surface area contributed by atoms with E-state index in [1.54, 1.807) is 18.3 Å². The van der Waals surface area contributed by atoms with Crippen molar-refractivity contribution >= 4 is 45.0 Å². The zero-order valence-electron chi connectivity index (χ0n) is 9.97. The van der Waals surface area contributed by atoms with Gasteiger partial charge in [0.1, 0.15) is 0 Å². The van der Waals surface area contributed by atoms with Crippen LogP contribution in [0.5, 0.6) is 0 Å². The van der Waals surface area contributed by atoms with Gasteiger partial charge in [-0.2, -0.15) is 0 Å². The number of benzene rings is 1. The molecule has 1 heterocycles. The van der Waals surface area contributed by atoms with Crippen molar-refractivity contribution in [1.29, 1.82) is 0 Å². The van der Waals surface area contributed by atoms with Crippen LogP contribution < -0.4 is 11.1 Å². The van der Waals surface area contributed by atoms with E-state index in [0.717, 1.165) is 9.50 Å².